The molecule has 1 aliphatic rings. The van der Waals surface area contributed by atoms with Crippen LogP contribution in [0.3, 0.4) is 0 Å². The van der Waals surface area contributed by atoms with E-state index in [1.54, 1.807) is 0 Å². The lowest BCUT2D eigenvalue weighted by atomic mass is 9.78. The van der Waals surface area contributed by atoms with E-state index in [0.717, 1.165) is 19.3 Å². The average Bonchev–Trinajstić information content (AvgIpc) is 2.16. The van der Waals surface area contributed by atoms with E-state index in [2.05, 4.69) is 11.8 Å². The number of rotatable bonds is 2. The highest BCUT2D eigenvalue weighted by Gasteiger charge is 2.35. The van der Waals surface area contributed by atoms with E-state index in [1.807, 2.05) is 0 Å². The van der Waals surface area contributed by atoms with E-state index in [1.165, 1.54) is 7.11 Å². The Balaban J connectivity index is 2.64. The predicted molar refractivity (Wildman–Crippen MR) is 51.3 cm³/mol. The molecule has 4 heteroatoms. The summed E-state index contributed by atoms with van der Waals surface area (Å²) < 4.78 is 4.73. The Morgan fingerprint density at radius 3 is 2.77 bits per heavy atom. The molecule has 0 bridgehead atoms. The summed E-state index contributed by atoms with van der Waals surface area (Å²) in [6, 6.07) is 0.0582. The van der Waals surface area contributed by atoms with Gasteiger partial charge in [-0.15, -0.1) is 0 Å². The lowest BCUT2D eigenvalue weighted by Gasteiger charge is -2.33. The molecule has 0 aromatic carbocycles. The van der Waals surface area contributed by atoms with Gasteiger partial charge in [0.15, 0.2) is 0 Å². The number of nitrogens with one attached hydrogen (secondary N) is 1. The molecule has 2 unspecified atom stereocenters. The highest BCUT2D eigenvalue weighted by molar-refractivity contribution is 6.13. The fourth-order valence-electron chi connectivity index (χ4n) is 2.01. The minimum Gasteiger partial charge on any atom is -0.469 e. The third kappa shape index (κ3) is 2.35. The van der Waals surface area contributed by atoms with Gasteiger partial charge in [-0.3, -0.25) is 4.79 Å². The number of carbonyl (C=O) groups is 1. The topological polar surface area (TPSA) is 38.3 Å². The zero-order chi connectivity index (χ0) is 9.84. The van der Waals surface area contributed by atoms with Crippen molar-refractivity contribution in [3.63, 3.8) is 0 Å². The first-order valence-electron chi connectivity index (χ1n) is 4.64. The van der Waals surface area contributed by atoms with Gasteiger partial charge < -0.3 is 4.74 Å². The molecular formula is C9H16ClNO2. The fourth-order valence-corrected chi connectivity index (χ4v) is 2.38. The standard InChI is InChI=1S/C9H16ClNO2/c1-6-4-3-5-7(8(6)11-10)9(12)13-2/h6-8,11H,3-5H2,1-2H3/t6-,7?,8?/m0/s1. The van der Waals surface area contributed by atoms with Crippen LogP contribution in [-0.2, 0) is 9.53 Å². The summed E-state index contributed by atoms with van der Waals surface area (Å²) in [6.07, 6.45) is 3.08. The van der Waals surface area contributed by atoms with Crippen molar-refractivity contribution < 1.29 is 9.53 Å². The molecule has 0 spiro atoms. The lowest BCUT2D eigenvalue weighted by molar-refractivity contribution is -0.148. The van der Waals surface area contributed by atoms with Gasteiger partial charge in [-0.1, -0.05) is 13.3 Å². The molecular weight excluding hydrogens is 190 g/mol. The van der Waals surface area contributed by atoms with E-state index in [4.69, 9.17) is 16.5 Å². The first-order valence-corrected chi connectivity index (χ1v) is 5.02. The molecule has 3 nitrogen and oxygen atoms in total. The summed E-state index contributed by atoms with van der Waals surface area (Å²) >= 11 is 5.61. The SMILES string of the molecule is COC(=O)C1CCC[C@H](C)C1NCl. The monoisotopic (exact) mass is 205 g/mol. The number of hydrogen-bond acceptors (Lipinski definition) is 3. The normalized spacial score (nSPS) is 34.2. The first kappa shape index (κ1) is 10.8. The Hall–Kier alpha value is -0.280. The number of ether oxygens (including phenoxy) is 1. The van der Waals surface area contributed by atoms with Crippen LogP contribution in [0.25, 0.3) is 0 Å². The van der Waals surface area contributed by atoms with Gasteiger partial charge in [0.1, 0.15) is 0 Å². The quantitative estimate of drug-likeness (QED) is 0.551. The third-order valence-corrected chi connectivity index (χ3v) is 3.10. The molecule has 0 radical (unpaired) electrons. The number of esters is 1. The van der Waals surface area contributed by atoms with Crippen LogP contribution in [0.5, 0.6) is 0 Å². The van der Waals surface area contributed by atoms with Crippen molar-refractivity contribution in [1.29, 1.82) is 0 Å². The molecule has 13 heavy (non-hydrogen) atoms. The van der Waals surface area contributed by atoms with Crippen LogP contribution < -0.4 is 4.84 Å². The molecule has 0 saturated heterocycles. The van der Waals surface area contributed by atoms with Crippen molar-refractivity contribution in [2.75, 3.05) is 7.11 Å². The van der Waals surface area contributed by atoms with Crippen molar-refractivity contribution >= 4 is 17.7 Å². The van der Waals surface area contributed by atoms with Crippen LogP contribution in [0.4, 0.5) is 0 Å². The van der Waals surface area contributed by atoms with Gasteiger partial charge in [0.2, 0.25) is 0 Å². The van der Waals surface area contributed by atoms with Crippen molar-refractivity contribution in [2.24, 2.45) is 11.8 Å². The first-order chi connectivity index (χ1) is 6.20. The molecule has 0 amide bonds. The maximum atomic E-state index is 11.4. The minimum atomic E-state index is -0.148. The van der Waals surface area contributed by atoms with Crippen LogP contribution in [0, 0.1) is 11.8 Å². The summed E-state index contributed by atoms with van der Waals surface area (Å²) in [6.45, 7) is 2.11. The summed E-state index contributed by atoms with van der Waals surface area (Å²) in [5, 5.41) is 0. The van der Waals surface area contributed by atoms with E-state index in [9.17, 15) is 4.79 Å². The Morgan fingerprint density at radius 2 is 2.23 bits per heavy atom. The van der Waals surface area contributed by atoms with Crippen molar-refractivity contribution in [1.82, 2.24) is 4.84 Å². The molecule has 0 aromatic heterocycles. The summed E-state index contributed by atoms with van der Waals surface area (Å²) in [4.78, 5) is 14.1. The van der Waals surface area contributed by atoms with Gasteiger partial charge >= 0.3 is 5.97 Å². The summed E-state index contributed by atoms with van der Waals surface area (Å²) in [5.41, 5.74) is 0. The number of methoxy groups -OCH3 is 1. The molecule has 3 atom stereocenters. The Bertz CT molecular complexity index is 186. The molecule has 1 rings (SSSR count). The van der Waals surface area contributed by atoms with Gasteiger partial charge in [0.25, 0.3) is 0 Å². The van der Waals surface area contributed by atoms with E-state index in [0.29, 0.717) is 5.92 Å². The van der Waals surface area contributed by atoms with Crippen LogP contribution in [0.2, 0.25) is 0 Å². The van der Waals surface area contributed by atoms with Crippen LogP contribution in [-0.4, -0.2) is 19.1 Å². The summed E-state index contributed by atoms with van der Waals surface area (Å²) in [7, 11) is 1.42. The largest absolute Gasteiger partial charge is 0.469 e. The van der Waals surface area contributed by atoms with Gasteiger partial charge in [-0.2, -0.15) is 0 Å². The molecule has 1 fully saturated rings. The van der Waals surface area contributed by atoms with Crippen LogP contribution in [0.1, 0.15) is 26.2 Å². The van der Waals surface area contributed by atoms with E-state index in [-0.39, 0.29) is 17.9 Å². The smallest absolute Gasteiger partial charge is 0.310 e. The highest BCUT2D eigenvalue weighted by atomic mass is 35.5. The highest BCUT2D eigenvalue weighted by Crippen LogP contribution is 2.30. The molecule has 0 aromatic rings. The van der Waals surface area contributed by atoms with Crippen molar-refractivity contribution in [2.45, 2.75) is 32.2 Å². The second kappa shape index (κ2) is 4.82. The van der Waals surface area contributed by atoms with Gasteiger partial charge in [0, 0.05) is 6.04 Å². The minimum absolute atomic E-state index is 0.0582. The van der Waals surface area contributed by atoms with E-state index >= 15 is 0 Å². The maximum absolute atomic E-state index is 11.4. The predicted octanol–water partition coefficient (Wildman–Crippen LogP) is 1.71. The molecule has 1 aliphatic carbocycles. The van der Waals surface area contributed by atoms with Gasteiger partial charge in [-0.05, 0) is 30.5 Å². The lowest BCUT2D eigenvalue weighted by Crippen LogP contribution is -2.43. The Labute approximate surface area is 83.9 Å². The Morgan fingerprint density at radius 1 is 1.54 bits per heavy atom. The van der Waals surface area contributed by atoms with Gasteiger partial charge in [-0.25, -0.2) is 4.84 Å². The third-order valence-electron chi connectivity index (χ3n) is 2.85. The molecule has 1 N–H and O–H groups in total. The molecule has 76 valence electrons. The van der Waals surface area contributed by atoms with Gasteiger partial charge in [0.05, 0.1) is 13.0 Å². The Kier molecular flexibility index (Phi) is 4.00. The number of halogens is 1. The zero-order valence-electron chi connectivity index (χ0n) is 8.05. The zero-order valence-corrected chi connectivity index (χ0v) is 8.80. The molecule has 0 aliphatic heterocycles. The average molecular weight is 206 g/mol. The summed E-state index contributed by atoms with van der Waals surface area (Å²) in [5.74, 6) is 0.214. The second-order valence-electron chi connectivity index (χ2n) is 3.67. The second-order valence-corrected chi connectivity index (χ2v) is 3.89. The fraction of sp³-hybridized carbons (Fsp3) is 0.889. The number of hydrogen-bond donors (Lipinski definition) is 1. The van der Waals surface area contributed by atoms with Crippen LogP contribution in [0.15, 0.2) is 0 Å². The van der Waals surface area contributed by atoms with Crippen molar-refractivity contribution in [3.05, 3.63) is 0 Å². The molecule has 0 heterocycles. The van der Waals surface area contributed by atoms with Crippen LogP contribution >= 0.6 is 11.8 Å². The van der Waals surface area contributed by atoms with Crippen molar-refractivity contribution in [3.8, 4) is 0 Å². The maximum Gasteiger partial charge on any atom is 0.310 e. The molecule has 1 saturated carbocycles. The number of carbonyl (C=O) groups excluding carboxylic acids is 1. The van der Waals surface area contributed by atoms with E-state index < -0.39 is 0 Å².